The predicted octanol–water partition coefficient (Wildman–Crippen LogP) is 17.4. The Balaban J connectivity index is 1.04. The summed E-state index contributed by atoms with van der Waals surface area (Å²) < 4.78 is 104. The third-order valence-electron chi connectivity index (χ3n) is 12.0. The Morgan fingerprint density at radius 3 is 0.740 bits per heavy atom. The highest BCUT2D eigenvalue weighted by Crippen LogP contribution is 2.74. The average molecular weight is 1120 g/mol. The molecule has 6 nitrogen and oxygen atoms in total. The molecule has 0 heterocycles. The molecule has 77 heavy (non-hydrogen) atoms. The van der Waals surface area contributed by atoms with Crippen molar-refractivity contribution in [1.29, 1.82) is 0 Å². The van der Waals surface area contributed by atoms with E-state index in [-0.39, 0.29) is 31.1 Å². The number of benzene rings is 10. The fourth-order valence-corrected chi connectivity index (χ4v) is 18.9. The van der Waals surface area contributed by atoms with Crippen molar-refractivity contribution in [2.75, 3.05) is 0 Å². The first-order valence-corrected chi connectivity index (χ1v) is 29.7. The number of carbonyl (C=O) groups is 2. The van der Waals surface area contributed by atoms with Crippen molar-refractivity contribution in [1.82, 2.24) is 0 Å². The molecule has 0 spiro atoms. The van der Waals surface area contributed by atoms with E-state index in [0.717, 1.165) is 19.6 Å². The van der Waals surface area contributed by atoms with Gasteiger partial charge in [-0.25, -0.2) is 17.6 Å². The highest BCUT2D eigenvalue weighted by Gasteiger charge is 2.44. The molecule has 0 N–H and O–H groups in total. The molecule has 0 bridgehead atoms. The predicted molar refractivity (Wildman–Crippen MR) is 295 cm³/mol. The molecular formula is C62H42F4O6S5. The van der Waals surface area contributed by atoms with Gasteiger partial charge in [0.2, 0.25) is 0 Å². The molecule has 0 aliphatic heterocycles. The van der Waals surface area contributed by atoms with Crippen LogP contribution in [0.25, 0.3) is 0 Å². The van der Waals surface area contributed by atoms with Gasteiger partial charge in [0.05, 0.1) is 0 Å². The molecule has 0 fully saturated rings. The largest absolute Gasteiger partial charge is 0.420 e. The summed E-state index contributed by atoms with van der Waals surface area (Å²) in [5.41, 5.74) is 2.15. The molecule has 384 valence electrons. The summed E-state index contributed by atoms with van der Waals surface area (Å²) in [6.07, 6.45) is 0. The van der Waals surface area contributed by atoms with Gasteiger partial charge >= 0.3 is 10.4 Å². The van der Waals surface area contributed by atoms with Crippen LogP contribution in [0, 0.1) is 23.3 Å². The second-order valence-electron chi connectivity index (χ2n) is 17.1. The van der Waals surface area contributed by atoms with Crippen LogP contribution in [0.5, 0.6) is 0 Å². The SMILES string of the molecule is O=C(c1ccccc1)c1ccc(Sc2ccc(S(OS(=O)(=O)OS(c3ccc(F)cc3)(c3ccc(F)cc3)c3ccc(Sc4ccc(C(=O)c5ccccc5)cc4)cc3)(c3ccc(F)cc3)c3ccc(F)cc3)cc2)cc1. The van der Waals surface area contributed by atoms with Gasteiger partial charge in [-0.15, -0.1) is 0 Å². The van der Waals surface area contributed by atoms with E-state index in [1.165, 1.54) is 121 Å². The second kappa shape index (κ2) is 23.0. The van der Waals surface area contributed by atoms with E-state index in [2.05, 4.69) is 0 Å². The summed E-state index contributed by atoms with van der Waals surface area (Å²) in [5, 5.41) is 0. The standard InChI is InChI=1S/C62H42F4O6S5/c63-47-15-31-55(32-16-47)75(56-33-17-48(64)18-34-56,59-39-27-53(28-40-59)73-51-23-11-45(12-24-51)61(67)43-7-3-1-4-8-43)71-77(69,70)72-76(57-35-19-49(65)20-36-57,58-37-21-50(66)22-38-58)60-41-29-54(30-42-60)74-52-25-13-46(14-26-52)62(68)44-9-5-2-6-10-44/h1-42H. The first-order valence-electron chi connectivity index (χ1n) is 23.6. The van der Waals surface area contributed by atoms with Crippen molar-refractivity contribution in [3.05, 3.63) is 300 Å². The van der Waals surface area contributed by atoms with Crippen LogP contribution in [-0.4, -0.2) is 20.0 Å². The van der Waals surface area contributed by atoms with E-state index in [0.29, 0.717) is 32.0 Å². The van der Waals surface area contributed by atoms with Gasteiger partial charge in [0, 0.05) is 71.2 Å². The lowest BCUT2D eigenvalue weighted by atomic mass is 10.0. The number of hydrogen-bond donors (Lipinski definition) is 0. The molecule has 0 radical (unpaired) electrons. The zero-order valence-electron chi connectivity index (χ0n) is 40.3. The van der Waals surface area contributed by atoms with Crippen LogP contribution >= 0.6 is 44.1 Å². The Bertz CT molecular complexity index is 3450. The highest BCUT2D eigenvalue weighted by atomic mass is 32.4. The first kappa shape index (κ1) is 52.9. The van der Waals surface area contributed by atoms with Crippen LogP contribution in [0.15, 0.2) is 304 Å². The molecule has 15 heteroatoms. The summed E-state index contributed by atoms with van der Waals surface area (Å²) in [6, 6.07) is 66.5. The van der Waals surface area contributed by atoms with Crippen molar-refractivity contribution >= 4 is 66.1 Å². The Morgan fingerprint density at radius 1 is 0.286 bits per heavy atom. The molecular weight excluding hydrogens is 1080 g/mol. The molecule has 10 aromatic carbocycles. The van der Waals surface area contributed by atoms with Crippen LogP contribution in [0.4, 0.5) is 17.6 Å². The first-order chi connectivity index (χ1) is 37.3. The highest BCUT2D eigenvalue weighted by molar-refractivity contribution is 8.36. The summed E-state index contributed by atoms with van der Waals surface area (Å²) in [7, 11) is -12.5. The number of halogens is 4. The lowest BCUT2D eigenvalue weighted by Crippen LogP contribution is -2.20. The number of carbonyl (C=O) groups excluding carboxylic acids is 2. The zero-order chi connectivity index (χ0) is 53.6. The number of rotatable bonds is 18. The van der Waals surface area contributed by atoms with E-state index in [4.69, 9.17) is 7.26 Å². The minimum absolute atomic E-state index is 0.119. The molecule has 0 saturated heterocycles. The monoisotopic (exact) mass is 1120 g/mol. The summed E-state index contributed by atoms with van der Waals surface area (Å²) >= 11 is 2.78. The van der Waals surface area contributed by atoms with Gasteiger partial charge in [0.1, 0.15) is 23.3 Å². The zero-order valence-corrected chi connectivity index (χ0v) is 44.3. The Hall–Kier alpha value is -7.47. The van der Waals surface area contributed by atoms with Crippen LogP contribution < -0.4 is 0 Å². The lowest BCUT2D eigenvalue weighted by molar-refractivity contribution is 0.103. The van der Waals surface area contributed by atoms with E-state index in [1.807, 2.05) is 36.4 Å². The Kier molecular flexibility index (Phi) is 15.8. The third-order valence-corrected chi connectivity index (χ3v) is 22.7. The molecule has 0 aromatic heterocycles. The quantitative estimate of drug-likeness (QED) is 0.0620. The topological polar surface area (TPSA) is 86.7 Å². The van der Waals surface area contributed by atoms with Crippen molar-refractivity contribution in [2.24, 2.45) is 0 Å². The summed E-state index contributed by atoms with van der Waals surface area (Å²) in [6.45, 7) is 0. The summed E-state index contributed by atoms with van der Waals surface area (Å²) in [4.78, 5) is 30.7. The van der Waals surface area contributed by atoms with Gasteiger partial charge in [-0.05, 0) is 215 Å². The van der Waals surface area contributed by atoms with Gasteiger partial charge in [-0.2, -0.15) is 15.7 Å². The van der Waals surface area contributed by atoms with E-state index < -0.39 is 54.3 Å². The fraction of sp³-hybridized carbons (Fsp3) is 0. The molecule has 10 aromatic rings. The van der Waals surface area contributed by atoms with Crippen molar-refractivity contribution < 1.29 is 42.8 Å². The Labute approximate surface area is 455 Å². The normalized spacial score (nSPS) is 12.2. The minimum atomic E-state index is -5.37. The Morgan fingerprint density at radius 2 is 0.494 bits per heavy atom. The molecule has 10 rings (SSSR count). The van der Waals surface area contributed by atoms with Gasteiger partial charge in [0.25, 0.3) is 0 Å². The molecule has 0 saturated carbocycles. The smallest absolute Gasteiger partial charge is 0.289 e. The van der Waals surface area contributed by atoms with Crippen molar-refractivity contribution in [3.8, 4) is 0 Å². The molecule has 0 unspecified atom stereocenters. The van der Waals surface area contributed by atoms with Crippen LogP contribution in [-0.2, 0) is 17.7 Å². The third kappa shape index (κ3) is 11.8. The lowest BCUT2D eigenvalue weighted by Gasteiger charge is -2.42. The van der Waals surface area contributed by atoms with Gasteiger partial charge in [-0.3, -0.25) is 9.59 Å². The fourth-order valence-electron chi connectivity index (χ4n) is 8.35. The molecule has 0 amide bonds. The van der Waals surface area contributed by atoms with E-state index in [1.54, 1.807) is 121 Å². The van der Waals surface area contributed by atoms with Crippen molar-refractivity contribution in [2.45, 2.75) is 49.0 Å². The van der Waals surface area contributed by atoms with Crippen LogP contribution in [0.1, 0.15) is 31.8 Å². The van der Waals surface area contributed by atoms with E-state index in [9.17, 15) is 27.2 Å². The van der Waals surface area contributed by atoms with Gasteiger partial charge < -0.3 is 0 Å². The second-order valence-corrected chi connectivity index (χ2v) is 26.3. The van der Waals surface area contributed by atoms with Gasteiger partial charge in [-0.1, -0.05) is 84.2 Å². The van der Waals surface area contributed by atoms with Crippen LogP contribution in [0.3, 0.4) is 0 Å². The molecule has 0 aliphatic rings. The maximum atomic E-state index is 15.6. The summed E-state index contributed by atoms with van der Waals surface area (Å²) in [5.74, 6) is -2.70. The number of ketones is 2. The number of hydrogen-bond acceptors (Lipinski definition) is 8. The maximum Gasteiger partial charge on any atom is 0.420 e. The van der Waals surface area contributed by atoms with Gasteiger partial charge in [0.15, 0.2) is 11.6 Å². The molecule has 0 aliphatic carbocycles. The average Bonchev–Trinajstić information content (AvgIpc) is 3.49. The van der Waals surface area contributed by atoms with Crippen LogP contribution in [0.2, 0.25) is 0 Å². The molecule has 0 atom stereocenters. The van der Waals surface area contributed by atoms with Crippen molar-refractivity contribution in [3.63, 3.8) is 0 Å². The minimum Gasteiger partial charge on any atom is -0.289 e. The van der Waals surface area contributed by atoms with E-state index >= 15 is 8.42 Å². The maximum absolute atomic E-state index is 15.6.